The van der Waals surface area contributed by atoms with E-state index in [-0.39, 0.29) is 17.9 Å². The molecule has 8 nitrogen and oxygen atoms in total. The van der Waals surface area contributed by atoms with Crippen molar-refractivity contribution in [2.45, 2.75) is 19.0 Å². The number of methoxy groups -OCH3 is 1. The number of benzene rings is 3. The number of carbonyl (C=O) groups excluding carboxylic acids is 3. The SMILES string of the molecule is COc1ccc(Cn2ncc3c(C(=O)C(N)C=O)cc(NC(=O)Cc4ccccc4Cl)cc32)cc1. The molecule has 0 radical (unpaired) electrons. The summed E-state index contributed by atoms with van der Waals surface area (Å²) in [4.78, 5) is 36.8. The Balaban J connectivity index is 1.70. The molecular weight excluding hydrogens is 468 g/mol. The number of fused-ring (bicyclic) bond motifs is 1. The van der Waals surface area contributed by atoms with E-state index in [1.54, 1.807) is 48.3 Å². The maximum absolute atomic E-state index is 12.9. The molecule has 1 amide bonds. The van der Waals surface area contributed by atoms with Crippen molar-refractivity contribution >= 4 is 46.2 Å². The molecule has 0 saturated heterocycles. The normalized spacial score (nSPS) is 11.7. The lowest BCUT2D eigenvalue weighted by Crippen LogP contribution is -2.32. The van der Waals surface area contributed by atoms with E-state index in [1.807, 2.05) is 24.3 Å². The second kappa shape index (κ2) is 10.5. The molecule has 0 aliphatic heterocycles. The Morgan fingerprint density at radius 2 is 1.91 bits per heavy atom. The summed E-state index contributed by atoms with van der Waals surface area (Å²) < 4.78 is 6.92. The molecule has 3 N–H and O–H groups in total. The Bertz CT molecular complexity index is 1400. The number of hydrogen-bond donors (Lipinski definition) is 2. The molecule has 0 spiro atoms. The number of halogens is 1. The van der Waals surface area contributed by atoms with Crippen molar-refractivity contribution in [2.24, 2.45) is 5.73 Å². The number of nitrogens with one attached hydrogen (secondary N) is 1. The van der Waals surface area contributed by atoms with Gasteiger partial charge in [-0.15, -0.1) is 0 Å². The average Bonchev–Trinajstić information content (AvgIpc) is 3.26. The first-order valence-electron chi connectivity index (χ1n) is 10.8. The number of ether oxygens (including phenoxy) is 1. The average molecular weight is 491 g/mol. The molecule has 0 aliphatic carbocycles. The van der Waals surface area contributed by atoms with Gasteiger partial charge in [-0.2, -0.15) is 5.10 Å². The number of nitrogens with zero attached hydrogens (tertiary/aromatic N) is 2. The molecule has 1 aromatic heterocycles. The highest BCUT2D eigenvalue weighted by Crippen LogP contribution is 2.27. The first-order chi connectivity index (χ1) is 16.9. The number of Topliss-reactive ketones (excluding diaryl/α,β-unsaturated/α-hetero) is 1. The fraction of sp³-hybridized carbons (Fsp3) is 0.154. The number of carbonyl (C=O) groups is 3. The van der Waals surface area contributed by atoms with E-state index in [2.05, 4.69) is 10.4 Å². The fourth-order valence-corrected chi connectivity index (χ4v) is 3.95. The van der Waals surface area contributed by atoms with Crippen LogP contribution in [0.2, 0.25) is 5.02 Å². The Morgan fingerprint density at radius 3 is 2.60 bits per heavy atom. The van der Waals surface area contributed by atoms with Gasteiger partial charge in [-0.1, -0.05) is 41.9 Å². The third kappa shape index (κ3) is 5.40. The largest absolute Gasteiger partial charge is 0.497 e. The number of nitrogens with two attached hydrogens (primary N) is 1. The predicted octanol–water partition coefficient (Wildman–Crippen LogP) is 3.64. The first kappa shape index (κ1) is 24.1. The molecule has 1 heterocycles. The maximum Gasteiger partial charge on any atom is 0.228 e. The zero-order valence-electron chi connectivity index (χ0n) is 18.9. The van der Waals surface area contributed by atoms with Crippen LogP contribution >= 0.6 is 11.6 Å². The Hall–Kier alpha value is -4.01. The monoisotopic (exact) mass is 490 g/mol. The zero-order chi connectivity index (χ0) is 24.9. The number of anilines is 1. The van der Waals surface area contributed by atoms with Gasteiger partial charge >= 0.3 is 0 Å². The minimum absolute atomic E-state index is 0.0555. The quantitative estimate of drug-likeness (QED) is 0.210. The second-order valence-electron chi connectivity index (χ2n) is 7.95. The molecule has 1 unspecified atom stereocenters. The molecule has 0 fully saturated rings. The lowest BCUT2D eigenvalue weighted by atomic mass is 10.0. The molecular formula is C26H23ClN4O4. The van der Waals surface area contributed by atoms with Gasteiger partial charge in [-0.05, 0) is 41.5 Å². The van der Waals surface area contributed by atoms with Gasteiger partial charge in [0.1, 0.15) is 18.1 Å². The van der Waals surface area contributed by atoms with Crippen molar-refractivity contribution in [2.75, 3.05) is 12.4 Å². The molecule has 1 atom stereocenters. The first-order valence-corrected chi connectivity index (χ1v) is 11.2. The summed E-state index contributed by atoms with van der Waals surface area (Å²) in [6.45, 7) is 0.415. The Morgan fingerprint density at radius 1 is 1.17 bits per heavy atom. The van der Waals surface area contributed by atoms with Crippen LogP contribution < -0.4 is 15.8 Å². The number of aromatic nitrogens is 2. The standard InChI is InChI=1S/C26H23ClN4O4/c1-35-19-8-6-16(7-9-19)14-31-24-12-18(30-25(33)10-17-4-2-3-5-22(17)27)11-20(21(24)13-29-31)26(34)23(28)15-32/h2-9,11-13,15,23H,10,14,28H2,1H3,(H,30,33). The molecule has 4 aromatic rings. The van der Waals surface area contributed by atoms with Gasteiger partial charge in [0.05, 0.1) is 31.8 Å². The van der Waals surface area contributed by atoms with E-state index in [4.69, 9.17) is 22.1 Å². The minimum atomic E-state index is -1.32. The second-order valence-corrected chi connectivity index (χ2v) is 8.36. The summed E-state index contributed by atoms with van der Waals surface area (Å²) >= 11 is 6.18. The summed E-state index contributed by atoms with van der Waals surface area (Å²) in [5.74, 6) is -0.133. The van der Waals surface area contributed by atoms with Crippen LogP contribution in [-0.2, 0) is 22.6 Å². The van der Waals surface area contributed by atoms with Crippen molar-refractivity contribution in [1.29, 1.82) is 0 Å². The van der Waals surface area contributed by atoms with E-state index in [0.717, 1.165) is 11.3 Å². The van der Waals surface area contributed by atoms with Gasteiger partial charge in [0, 0.05) is 21.7 Å². The number of aldehydes is 1. The minimum Gasteiger partial charge on any atom is -0.497 e. The van der Waals surface area contributed by atoms with Crippen molar-refractivity contribution in [3.05, 3.63) is 88.6 Å². The lowest BCUT2D eigenvalue weighted by molar-refractivity contribution is -0.115. The molecule has 0 bridgehead atoms. The van der Waals surface area contributed by atoms with E-state index in [1.165, 1.54) is 6.07 Å². The van der Waals surface area contributed by atoms with Crippen LogP contribution in [0.3, 0.4) is 0 Å². The predicted molar refractivity (Wildman–Crippen MR) is 134 cm³/mol. The van der Waals surface area contributed by atoms with E-state index in [9.17, 15) is 14.4 Å². The molecule has 4 rings (SSSR count). The van der Waals surface area contributed by atoms with Crippen LogP contribution in [0, 0.1) is 0 Å². The van der Waals surface area contributed by atoms with Gasteiger partial charge in [0.15, 0.2) is 5.78 Å². The van der Waals surface area contributed by atoms with Crippen LogP contribution in [0.4, 0.5) is 5.69 Å². The summed E-state index contributed by atoms with van der Waals surface area (Å²) in [6.07, 6.45) is 2.00. The topological polar surface area (TPSA) is 116 Å². The highest BCUT2D eigenvalue weighted by atomic mass is 35.5. The molecule has 0 aliphatic rings. The van der Waals surface area contributed by atoms with Crippen molar-refractivity contribution in [3.8, 4) is 5.75 Å². The van der Waals surface area contributed by atoms with E-state index in [0.29, 0.717) is 40.0 Å². The third-order valence-electron chi connectivity index (χ3n) is 5.56. The third-order valence-corrected chi connectivity index (χ3v) is 5.93. The molecule has 3 aromatic carbocycles. The fourth-order valence-electron chi connectivity index (χ4n) is 3.74. The Labute approximate surface area is 206 Å². The summed E-state index contributed by atoms with van der Waals surface area (Å²) in [7, 11) is 1.60. The lowest BCUT2D eigenvalue weighted by Gasteiger charge is -2.12. The number of rotatable bonds is 9. The zero-order valence-corrected chi connectivity index (χ0v) is 19.7. The smallest absolute Gasteiger partial charge is 0.228 e. The molecule has 178 valence electrons. The van der Waals surface area contributed by atoms with Gasteiger partial charge in [0.25, 0.3) is 0 Å². The number of hydrogen-bond acceptors (Lipinski definition) is 6. The highest BCUT2D eigenvalue weighted by Gasteiger charge is 2.21. The van der Waals surface area contributed by atoms with Crippen LogP contribution in [0.15, 0.2) is 66.9 Å². The van der Waals surface area contributed by atoms with Crippen LogP contribution in [0.25, 0.3) is 10.9 Å². The van der Waals surface area contributed by atoms with E-state index < -0.39 is 11.8 Å². The maximum atomic E-state index is 12.9. The van der Waals surface area contributed by atoms with Crippen LogP contribution in [0.1, 0.15) is 21.5 Å². The number of amides is 1. The van der Waals surface area contributed by atoms with E-state index >= 15 is 0 Å². The summed E-state index contributed by atoms with van der Waals surface area (Å²) in [5, 5.41) is 8.28. The Kier molecular flexibility index (Phi) is 7.24. The highest BCUT2D eigenvalue weighted by molar-refractivity contribution is 6.31. The van der Waals surface area contributed by atoms with Crippen LogP contribution in [-0.4, -0.2) is 40.9 Å². The van der Waals surface area contributed by atoms with Crippen molar-refractivity contribution in [1.82, 2.24) is 9.78 Å². The molecule has 0 saturated carbocycles. The van der Waals surface area contributed by atoms with Gasteiger partial charge < -0.3 is 20.6 Å². The van der Waals surface area contributed by atoms with Crippen molar-refractivity contribution < 1.29 is 19.1 Å². The van der Waals surface area contributed by atoms with Gasteiger partial charge in [-0.25, -0.2) is 0 Å². The summed E-state index contributed by atoms with van der Waals surface area (Å²) in [6, 6.07) is 16.5. The van der Waals surface area contributed by atoms with Crippen molar-refractivity contribution in [3.63, 3.8) is 0 Å². The van der Waals surface area contributed by atoms with Gasteiger partial charge in [0.2, 0.25) is 5.91 Å². The number of ketones is 1. The molecule has 35 heavy (non-hydrogen) atoms. The van der Waals surface area contributed by atoms with Crippen LogP contribution in [0.5, 0.6) is 5.75 Å². The van der Waals surface area contributed by atoms with Gasteiger partial charge in [-0.3, -0.25) is 14.3 Å². The summed E-state index contributed by atoms with van der Waals surface area (Å²) in [5.41, 5.74) is 8.54. The molecule has 9 heteroatoms.